The highest BCUT2D eigenvalue weighted by Gasteiger charge is 2.59. The molecule has 0 aliphatic heterocycles. The lowest BCUT2D eigenvalue weighted by Gasteiger charge is -2.24. The van der Waals surface area contributed by atoms with Crippen LogP contribution in [0.3, 0.4) is 0 Å². The molecule has 1 nitrogen and oxygen atoms in total. The third-order valence-corrected chi connectivity index (χ3v) is 1.18. The van der Waals surface area contributed by atoms with Crippen molar-refractivity contribution in [3.8, 4) is 0 Å². The Morgan fingerprint density at radius 2 is 1.42 bits per heavy atom. The van der Waals surface area contributed by atoms with E-state index in [4.69, 9.17) is 5.11 Å². The maximum atomic E-state index is 12.1. The summed E-state index contributed by atoms with van der Waals surface area (Å²) in [6.07, 6.45) is -12.7. The third-order valence-electron chi connectivity index (χ3n) is 1.18. The largest absolute Gasteiger partial charge is 0.425 e. The van der Waals surface area contributed by atoms with Crippen LogP contribution in [0.25, 0.3) is 0 Å². The first-order valence-corrected chi connectivity index (χ1v) is 2.86. The van der Waals surface area contributed by atoms with Crippen LogP contribution in [0, 0.1) is 0 Å². The van der Waals surface area contributed by atoms with Crippen LogP contribution in [-0.4, -0.2) is 29.5 Å². The number of halogens is 6. The second-order valence-corrected chi connectivity index (χ2v) is 2.25. The first-order chi connectivity index (χ1) is 5.10. The average molecular weight is 196 g/mol. The van der Waals surface area contributed by atoms with Gasteiger partial charge in [-0.05, 0) is 6.92 Å². The molecule has 0 fully saturated rings. The molecule has 74 valence electrons. The molecule has 2 atom stereocenters. The van der Waals surface area contributed by atoms with Gasteiger partial charge in [0.2, 0.25) is 0 Å². The number of hydrogen-bond acceptors (Lipinski definition) is 1. The van der Waals surface area contributed by atoms with E-state index in [1.807, 2.05) is 0 Å². The predicted molar refractivity (Wildman–Crippen MR) is 27.6 cm³/mol. The van der Waals surface area contributed by atoms with Gasteiger partial charge in [0.05, 0.1) is 0 Å². The molecule has 0 radical (unpaired) electrons. The Hall–Kier alpha value is -0.460. The second kappa shape index (κ2) is 3.12. The number of alkyl halides is 6. The van der Waals surface area contributed by atoms with Crippen molar-refractivity contribution in [2.45, 2.75) is 31.3 Å². The van der Waals surface area contributed by atoms with E-state index < -0.39 is 24.4 Å². The molecule has 1 N–H and O–H groups in total. The SMILES string of the molecule is C[C@H](O)C(F)(F)[C@H](F)C(F)(F)F. The van der Waals surface area contributed by atoms with E-state index in [0.717, 1.165) is 0 Å². The molecule has 0 bridgehead atoms. The van der Waals surface area contributed by atoms with Crippen molar-refractivity contribution in [2.75, 3.05) is 0 Å². The van der Waals surface area contributed by atoms with E-state index in [9.17, 15) is 26.3 Å². The van der Waals surface area contributed by atoms with Gasteiger partial charge in [-0.1, -0.05) is 0 Å². The van der Waals surface area contributed by atoms with Crippen LogP contribution in [-0.2, 0) is 0 Å². The fraction of sp³-hybridized carbons (Fsp3) is 1.00. The highest BCUT2D eigenvalue weighted by molar-refractivity contribution is 4.86. The smallest absolute Gasteiger partial charge is 0.387 e. The molecule has 0 aromatic rings. The van der Waals surface area contributed by atoms with Crippen molar-refractivity contribution < 1.29 is 31.4 Å². The Balaban J connectivity index is 4.57. The van der Waals surface area contributed by atoms with Crippen LogP contribution in [0.2, 0.25) is 0 Å². The Morgan fingerprint density at radius 3 is 1.50 bits per heavy atom. The van der Waals surface area contributed by atoms with Crippen molar-refractivity contribution in [3.05, 3.63) is 0 Å². The third kappa shape index (κ3) is 2.26. The van der Waals surface area contributed by atoms with Gasteiger partial charge in [0, 0.05) is 0 Å². The summed E-state index contributed by atoms with van der Waals surface area (Å²) in [4.78, 5) is 0. The number of aliphatic hydroxyl groups excluding tert-OH is 1. The monoisotopic (exact) mass is 196 g/mol. The first kappa shape index (κ1) is 11.5. The van der Waals surface area contributed by atoms with Crippen LogP contribution in [0.15, 0.2) is 0 Å². The molecular weight excluding hydrogens is 190 g/mol. The van der Waals surface area contributed by atoms with Crippen LogP contribution < -0.4 is 0 Å². The van der Waals surface area contributed by atoms with Crippen molar-refractivity contribution in [1.82, 2.24) is 0 Å². The molecule has 0 aromatic heterocycles. The summed E-state index contributed by atoms with van der Waals surface area (Å²) in [6.45, 7) is 0.387. The molecule has 0 heterocycles. The van der Waals surface area contributed by atoms with Gasteiger partial charge in [-0.25, -0.2) is 13.2 Å². The molecule has 0 rings (SSSR count). The lowest BCUT2D eigenvalue weighted by Crippen LogP contribution is -2.48. The van der Waals surface area contributed by atoms with Crippen molar-refractivity contribution in [3.63, 3.8) is 0 Å². The van der Waals surface area contributed by atoms with E-state index in [2.05, 4.69) is 0 Å². The summed E-state index contributed by atoms with van der Waals surface area (Å²) < 4.78 is 70.1. The Bertz CT molecular complexity index is 151. The zero-order valence-corrected chi connectivity index (χ0v) is 5.87. The molecule has 0 unspecified atom stereocenters. The minimum Gasteiger partial charge on any atom is -0.387 e. The van der Waals surface area contributed by atoms with Gasteiger partial charge in [0.15, 0.2) is 0 Å². The maximum absolute atomic E-state index is 12.1. The molecule has 0 spiro atoms. The lowest BCUT2D eigenvalue weighted by molar-refractivity contribution is -0.265. The number of rotatable bonds is 2. The zero-order valence-electron chi connectivity index (χ0n) is 5.87. The van der Waals surface area contributed by atoms with E-state index in [1.165, 1.54) is 0 Å². The lowest BCUT2D eigenvalue weighted by atomic mass is 10.1. The molecule has 0 saturated carbocycles. The minimum atomic E-state index is -5.65. The van der Waals surface area contributed by atoms with Gasteiger partial charge in [0.25, 0.3) is 6.17 Å². The average Bonchev–Trinajstić information content (AvgIpc) is 1.83. The fourth-order valence-electron chi connectivity index (χ4n) is 0.430. The van der Waals surface area contributed by atoms with Gasteiger partial charge in [-0.3, -0.25) is 0 Å². The normalized spacial score (nSPS) is 19.0. The van der Waals surface area contributed by atoms with Gasteiger partial charge < -0.3 is 5.11 Å². The number of aliphatic hydroxyl groups is 1. The van der Waals surface area contributed by atoms with Crippen LogP contribution in [0.5, 0.6) is 0 Å². The molecular formula is C5H6F6O. The maximum Gasteiger partial charge on any atom is 0.425 e. The second-order valence-electron chi connectivity index (χ2n) is 2.25. The summed E-state index contributed by atoms with van der Waals surface area (Å²) in [7, 11) is 0. The van der Waals surface area contributed by atoms with Crippen molar-refractivity contribution in [2.24, 2.45) is 0 Å². The standard InChI is InChI=1S/C5H6F6O/c1-2(12)4(7,8)3(6)5(9,10)11/h2-3,12H,1H3/t2-,3-/m0/s1. The summed E-state index contributed by atoms with van der Waals surface area (Å²) in [5, 5.41) is 8.12. The van der Waals surface area contributed by atoms with Crippen molar-refractivity contribution in [1.29, 1.82) is 0 Å². The molecule has 0 aromatic carbocycles. The Kier molecular flexibility index (Phi) is 3.00. The van der Waals surface area contributed by atoms with Gasteiger partial charge in [0.1, 0.15) is 6.10 Å². The summed E-state index contributed by atoms with van der Waals surface area (Å²) >= 11 is 0. The van der Waals surface area contributed by atoms with Crippen LogP contribution >= 0.6 is 0 Å². The molecule has 0 aliphatic rings. The highest BCUT2D eigenvalue weighted by Crippen LogP contribution is 2.36. The topological polar surface area (TPSA) is 20.2 Å². The quantitative estimate of drug-likeness (QED) is 0.668. The van der Waals surface area contributed by atoms with E-state index in [1.54, 1.807) is 0 Å². The van der Waals surface area contributed by atoms with E-state index in [-0.39, 0.29) is 0 Å². The molecule has 12 heavy (non-hydrogen) atoms. The molecule has 0 amide bonds. The summed E-state index contributed by atoms with van der Waals surface area (Å²) in [5.74, 6) is -4.79. The van der Waals surface area contributed by atoms with Crippen LogP contribution in [0.1, 0.15) is 6.92 Å². The fourth-order valence-corrected chi connectivity index (χ4v) is 0.430. The molecule has 0 saturated heterocycles. The highest BCUT2D eigenvalue weighted by atomic mass is 19.4. The van der Waals surface area contributed by atoms with Gasteiger partial charge in [-0.15, -0.1) is 0 Å². The first-order valence-electron chi connectivity index (χ1n) is 2.86. The Morgan fingerprint density at radius 1 is 1.08 bits per heavy atom. The molecule has 7 heteroatoms. The predicted octanol–water partition coefficient (Wildman–Crippen LogP) is 1.90. The van der Waals surface area contributed by atoms with E-state index in [0.29, 0.717) is 6.92 Å². The molecule has 0 aliphatic carbocycles. The van der Waals surface area contributed by atoms with E-state index >= 15 is 0 Å². The summed E-state index contributed by atoms with van der Waals surface area (Å²) in [5.41, 5.74) is 0. The van der Waals surface area contributed by atoms with Crippen LogP contribution in [0.4, 0.5) is 26.3 Å². The van der Waals surface area contributed by atoms with Gasteiger partial charge in [-0.2, -0.15) is 13.2 Å². The number of hydrogen-bond donors (Lipinski definition) is 1. The minimum absolute atomic E-state index is 0.387. The van der Waals surface area contributed by atoms with Gasteiger partial charge >= 0.3 is 12.1 Å². The zero-order chi connectivity index (χ0) is 10.2. The Labute approximate surface area is 64.0 Å². The summed E-state index contributed by atoms with van der Waals surface area (Å²) in [6, 6.07) is 0. The van der Waals surface area contributed by atoms with Crippen molar-refractivity contribution >= 4 is 0 Å².